The van der Waals surface area contributed by atoms with Crippen molar-refractivity contribution in [2.45, 2.75) is 6.10 Å². The highest BCUT2D eigenvalue weighted by Crippen LogP contribution is 2.34. The zero-order valence-electron chi connectivity index (χ0n) is 14.1. The lowest BCUT2D eigenvalue weighted by Gasteiger charge is -2.13. The van der Waals surface area contributed by atoms with Crippen molar-refractivity contribution in [3.8, 4) is 11.5 Å². The average Bonchev–Trinajstić information content (AvgIpc) is 3.02. The van der Waals surface area contributed by atoms with Crippen LogP contribution in [0.5, 0.6) is 11.5 Å². The predicted molar refractivity (Wildman–Crippen MR) is 104 cm³/mol. The molecule has 7 heteroatoms. The van der Waals surface area contributed by atoms with Gasteiger partial charge >= 0.3 is 0 Å². The monoisotopic (exact) mass is 391 g/mol. The van der Waals surface area contributed by atoms with Gasteiger partial charge in [0.2, 0.25) is 0 Å². The first-order valence-electron chi connectivity index (χ1n) is 7.98. The van der Waals surface area contributed by atoms with Crippen molar-refractivity contribution in [2.75, 3.05) is 20.3 Å². The Morgan fingerprint density at radius 1 is 1.19 bits per heavy atom. The summed E-state index contributed by atoms with van der Waals surface area (Å²) in [4.78, 5) is 12.8. The molecule has 3 aromatic rings. The summed E-state index contributed by atoms with van der Waals surface area (Å²) in [6.07, 6.45) is -0.839. The largest absolute Gasteiger partial charge is 0.497 e. The number of hydrogen-bond donors (Lipinski definition) is 2. The molecule has 0 unspecified atom stereocenters. The number of ether oxygens (including phenoxy) is 2. The average molecular weight is 392 g/mol. The number of carbonyl (C=O) groups is 1. The van der Waals surface area contributed by atoms with Gasteiger partial charge in [-0.1, -0.05) is 29.8 Å². The molecule has 0 aliphatic heterocycles. The van der Waals surface area contributed by atoms with E-state index in [-0.39, 0.29) is 19.1 Å². The molecule has 2 N–H and O–H groups in total. The third-order valence-electron chi connectivity index (χ3n) is 3.74. The quantitative estimate of drug-likeness (QED) is 0.644. The molecule has 0 aliphatic carbocycles. The smallest absolute Gasteiger partial charge is 0.263 e. The van der Waals surface area contributed by atoms with Gasteiger partial charge in [0.25, 0.3) is 5.91 Å². The van der Waals surface area contributed by atoms with Crippen LogP contribution in [0.3, 0.4) is 0 Å². The molecule has 5 nitrogen and oxygen atoms in total. The number of methoxy groups -OCH3 is 1. The summed E-state index contributed by atoms with van der Waals surface area (Å²) in [5.41, 5.74) is 0. The SMILES string of the molecule is COc1ccc(OC[C@H](O)CNC(=O)c2sc3ccccc3c2Cl)cc1. The van der Waals surface area contributed by atoms with E-state index in [0.29, 0.717) is 15.6 Å². The normalized spacial score (nSPS) is 12.0. The summed E-state index contributed by atoms with van der Waals surface area (Å²) in [6, 6.07) is 14.6. The fraction of sp³-hybridized carbons (Fsp3) is 0.211. The minimum atomic E-state index is -0.839. The molecule has 0 spiro atoms. The lowest BCUT2D eigenvalue weighted by Crippen LogP contribution is -2.35. The predicted octanol–water partition coefficient (Wildman–Crippen LogP) is 3.73. The molecule has 0 aliphatic rings. The summed E-state index contributed by atoms with van der Waals surface area (Å²) in [6.45, 7) is 0.131. The van der Waals surface area contributed by atoms with Gasteiger partial charge in [-0.3, -0.25) is 4.79 Å². The van der Waals surface area contributed by atoms with Gasteiger partial charge in [-0.25, -0.2) is 0 Å². The molecule has 1 atom stereocenters. The third kappa shape index (κ3) is 4.27. The maximum atomic E-state index is 12.3. The standard InChI is InChI=1S/C19H18ClNO4S/c1-24-13-6-8-14(9-7-13)25-11-12(22)10-21-19(23)18-17(20)15-4-2-3-5-16(15)26-18/h2-9,12,22H,10-11H2,1H3,(H,21,23)/t12-/m1/s1. The summed E-state index contributed by atoms with van der Waals surface area (Å²) in [5, 5.41) is 14.0. The molecule has 26 heavy (non-hydrogen) atoms. The van der Waals surface area contributed by atoms with E-state index in [9.17, 15) is 9.90 Å². The highest BCUT2D eigenvalue weighted by molar-refractivity contribution is 7.21. The minimum absolute atomic E-state index is 0.0623. The van der Waals surface area contributed by atoms with Crippen molar-refractivity contribution in [2.24, 2.45) is 0 Å². The Labute approximate surface area is 160 Å². The lowest BCUT2D eigenvalue weighted by molar-refractivity contribution is 0.0847. The summed E-state index contributed by atoms with van der Waals surface area (Å²) in [7, 11) is 1.59. The summed E-state index contributed by atoms with van der Waals surface area (Å²) in [5.74, 6) is 1.04. The number of carbonyl (C=O) groups excluding carboxylic acids is 1. The summed E-state index contributed by atoms with van der Waals surface area (Å²) >= 11 is 7.61. The highest BCUT2D eigenvalue weighted by Gasteiger charge is 2.17. The van der Waals surface area contributed by atoms with Gasteiger partial charge in [0, 0.05) is 16.6 Å². The molecule has 1 heterocycles. The molecule has 0 radical (unpaired) electrons. The first kappa shape index (κ1) is 18.5. The van der Waals surface area contributed by atoms with Crippen LogP contribution in [0.15, 0.2) is 48.5 Å². The lowest BCUT2D eigenvalue weighted by atomic mass is 10.2. The van der Waals surface area contributed by atoms with Crippen LogP contribution in [0, 0.1) is 0 Å². The number of thiophene rings is 1. The first-order chi connectivity index (χ1) is 12.6. The Kier molecular flexibility index (Phi) is 5.98. The van der Waals surface area contributed by atoms with Crippen LogP contribution in [-0.4, -0.2) is 37.4 Å². The van der Waals surface area contributed by atoms with E-state index in [4.69, 9.17) is 21.1 Å². The Morgan fingerprint density at radius 3 is 2.58 bits per heavy atom. The van der Waals surface area contributed by atoms with Crippen molar-refractivity contribution < 1.29 is 19.4 Å². The zero-order valence-corrected chi connectivity index (χ0v) is 15.6. The van der Waals surface area contributed by atoms with Crippen LogP contribution in [0.2, 0.25) is 5.02 Å². The highest BCUT2D eigenvalue weighted by atomic mass is 35.5. The minimum Gasteiger partial charge on any atom is -0.497 e. The van der Waals surface area contributed by atoms with Crippen molar-refractivity contribution in [3.05, 3.63) is 58.4 Å². The van der Waals surface area contributed by atoms with Crippen molar-refractivity contribution in [1.29, 1.82) is 0 Å². The Hall–Kier alpha value is -2.28. The van der Waals surface area contributed by atoms with Crippen LogP contribution >= 0.6 is 22.9 Å². The van der Waals surface area contributed by atoms with Crippen molar-refractivity contribution >= 4 is 38.9 Å². The van der Waals surface area contributed by atoms with Gasteiger partial charge in [-0.15, -0.1) is 11.3 Å². The number of hydrogen-bond acceptors (Lipinski definition) is 5. The molecule has 136 valence electrons. The van der Waals surface area contributed by atoms with Gasteiger partial charge in [-0.05, 0) is 30.3 Å². The number of nitrogens with one attached hydrogen (secondary N) is 1. The van der Waals surface area contributed by atoms with Crippen LogP contribution in [0.1, 0.15) is 9.67 Å². The molecule has 0 saturated carbocycles. The zero-order chi connectivity index (χ0) is 18.5. The van der Waals surface area contributed by atoms with E-state index in [0.717, 1.165) is 15.8 Å². The molecule has 3 rings (SSSR count). The topological polar surface area (TPSA) is 67.8 Å². The van der Waals surface area contributed by atoms with Gasteiger partial charge < -0.3 is 19.9 Å². The van der Waals surface area contributed by atoms with E-state index in [1.54, 1.807) is 31.4 Å². The Bertz CT molecular complexity index is 894. The van der Waals surface area contributed by atoms with Crippen LogP contribution in [-0.2, 0) is 0 Å². The van der Waals surface area contributed by atoms with E-state index >= 15 is 0 Å². The van der Waals surface area contributed by atoms with Crippen LogP contribution in [0.25, 0.3) is 10.1 Å². The number of benzene rings is 2. The fourth-order valence-corrected chi connectivity index (χ4v) is 3.81. The number of fused-ring (bicyclic) bond motifs is 1. The molecule has 1 aromatic heterocycles. The maximum absolute atomic E-state index is 12.3. The second-order valence-corrected chi connectivity index (χ2v) is 7.02. The van der Waals surface area contributed by atoms with E-state index in [2.05, 4.69) is 5.32 Å². The van der Waals surface area contributed by atoms with Gasteiger partial charge in [-0.2, -0.15) is 0 Å². The number of aliphatic hydroxyl groups excluding tert-OH is 1. The van der Waals surface area contributed by atoms with Crippen molar-refractivity contribution in [3.63, 3.8) is 0 Å². The number of aliphatic hydroxyl groups is 1. The second kappa shape index (κ2) is 8.40. The molecular weight excluding hydrogens is 374 g/mol. The second-order valence-electron chi connectivity index (χ2n) is 5.59. The van der Waals surface area contributed by atoms with E-state index < -0.39 is 6.10 Å². The van der Waals surface area contributed by atoms with Crippen LogP contribution < -0.4 is 14.8 Å². The Morgan fingerprint density at radius 2 is 1.88 bits per heavy atom. The maximum Gasteiger partial charge on any atom is 0.263 e. The molecular formula is C19H18ClNO4S. The van der Waals surface area contributed by atoms with E-state index in [1.807, 2.05) is 24.3 Å². The van der Waals surface area contributed by atoms with Crippen LogP contribution in [0.4, 0.5) is 0 Å². The van der Waals surface area contributed by atoms with E-state index in [1.165, 1.54) is 11.3 Å². The molecule has 1 amide bonds. The summed E-state index contributed by atoms with van der Waals surface area (Å²) < 4.78 is 11.5. The number of rotatable bonds is 7. The number of halogens is 1. The first-order valence-corrected chi connectivity index (χ1v) is 9.18. The molecule has 0 bridgehead atoms. The Balaban J connectivity index is 1.52. The molecule has 0 saturated heterocycles. The third-order valence-corrected chi connectivity index (χ3v) is 5.42. The molecule has 0 fully saturated rings. The van der Waals surface area contributed by atoms with Gasteiger partial charge in [0.05, 0.1) is 12.1 Å². The van der Waals surface area contributed by atoms with Gasteiger partial charge in [0.1, 0.15) is 29.1 Å². The van der Waals surface area contributed by atoms with Crippen molar-refractivity contribution in [1.82, 2.24) is 5.32 Å². The molecule has 2 aromatic carbocycles. The van der Waals surface area contributed by atoms with Gasteiger partial charge in [0.15, 0.2) is 0 Å². The fourth-order valence-electron chi connectivity index (χ4n) is 2.37. The number of amides is 1.